The Labute approximate surface area is 56.4 Å². The van der Waals surface area contributed by atoms with E-state index in [1.54, 1.807) is 7.11 Å². The lowest BCUT2D eigenvalue weighted by Gasteiger charge is -2.07. The van der Waals surface area contributed by atoms with Gasteiger partial charge in [-0.2, -0.15) is 0 Å². The minimum absolute atomic E-state index is 0.165. The van der Waals surface area contributed by atoms with Gasteiger partial charge in [-0.3, -0.25) is 0 Å². The van der Waals surface area contributed by atoms with Crippen molar-refractivity contribution in [1.82, 2.24) is 0 Å². The maximum atomic E-state index is 5.59. The van der Waals surface area contributed by atoms with E-state index in [1.807, 2.05) is 0 Å². The second kappa shape index (κ2) is 6.01. The average Bonchev–Trinajstić information content (AvgIpc) is 1.85. The molecule has 0 saturated heterocycles. The number of ether oxygens (including phenoxy) is 1. The van der Waals surface area contributed by atoms with Crippen LogP contribution < -0.4 is 11.5 Å². The van der Waals surface area contributed by atoms with Crippen LogP contribution in [-0.2, 0) is 4.74 Å². The van der Waals surface area contributed by atoms with Crippen molar-refractivity contribution in [3.8, 4) is 0 Å². The smallest absolute Gasteiger partial charge is 0.0613 e. The second-order valence-electron chi connectivity index (χ2n) is 2.15. The summed E-state index contributed by atoms with van der Waals surface area (Å²) in [5.41, 5.74) is 10.9. The van der Waals surface area contributed by atoms with Gasteiger partial charge >= 0.3 is 0 Å². The number of hydrogen-bond acceptors (Lipinski definition) is 3. The molecule has 0 fully saturated rings. The number of hydrogen-bond donors (Lipinski definition) is 2. The summed E-state index contributed by atoms with van der Waals surface area (Å²) in [5.74, 6) is 0. The SMILES string of the molecule is COC[C@@H](N)CCCN. The lowest BCUT2D eigenvalue weighted by molar-refractivity contribution is 0.176. The van der Waals surface area contributed by atoms with E-state index < -0.39 is 0 Å². The zero-order valence-electron chi connectivity index (χ0n) is 5.97. The van der Waals surface area contributed by atoms with E-state index in [2.05, 4.69) is 0 Å². The fourth-order valence-corrected chi connectivity index (χ4v) is 0.677. The predicted molar refractivity (Wildman–Crippen MR) is 38.1 cm³/mol. The van der Waals surface area contributed by atoms with Crippen LogP contribution in [0.3, 0.4) is 0 Å². The van der Waals surface area contributed by atoms with Gasteiger partial charge in [0.2, 0.25) is 0 Å². The Morgan fingerprint density at radius 1 is 1.56 bits per heavy atom. The maximum absolute atomic E-state index is 5.59. The number of nitrogens with two attached hydrogens (primary N) is 2. The molecule has 0 amide bonds. The van der Waals surface area contributed by atoms with Crippen LogP contribution in [-0.4, -0.2) is 26.3 Å². The topological polar surface area (TPSA) is 61.3 Å². The van der Waals surface area contributed by atoms with Gasteiger partial charge in [-0.25, -0.2) is 0 Å². The summed E-state index contributed by atoms with van der Waals surface area (Å²) in [5, 5.41) is 0. The third-order valence-electron chi connectivity index (χ3n) is 1.16. The van der Waals surface area contributed by atoms with E-state index in [0.717, 1.165) is 19.4 Å². The highest BCUT2D eigenvalue weighted by Crippen LogP contribution is 1.91. The van der Waals surface area contributed by atoms with Gasteiger partial charge in [0.15, 0.2) is 0 Å². The normalized spacial score (nSPS) is 13.7. The molecule has 0 aromatic rings. The fourth-order valence-electron chi connectivity index (χ4n) is 0.677. The Morgan fingerprint density at radius 2 is 2.22 bits per heavy atom. The molecular weight excluding hydrogens is 116 g/mol. The van der Waals surface area contributed by atoms with Gasteiger partial charge in [-0.1, -0.05) is 0 Å². The van der Waals surface area contributed by atoms with E-state index in [0.29, 0.717) is 6.61 Å². The molecule has 56 valence electrons. The van der Waals surface area contributed by atoms with Crippen molar-refractivity contribution in [3.63, 3.8) is 0 Å². The Kier molecular flexibility index (Phi) is 5.93. The summed E-state index contributed by atoms with van der Waals surface area (Å²) in [6.45, 7) is 1.36. The lowest BCUT2D eigenvalue weighted by atomic mass is 10.2. The third-order valence-corrected chi connectivity index (χ3v) is 1.16. The minimum atomic E-state index is 0.165. The summed E-state index contributed by atoms with van der Waals surface area (Å²) in [6.07, 6.45) is 1.95. The van der Waals surface area contributed by atoms with Crippen LogP contribution in [0.1, 0.15) is 12.8 Å². The summed E-state index contributed by atoms with van der Waals surface area (Å²) in [6, 6.07) is 0.165. The summed E-state index contributed by atoms with van der Waals surface area (Å²) in [7, 11) is 1.66. The summed E-state index contributed by atoms with van der Waals surface area (Å²) >= 11 is 0. The molecule has 0 unspecified atom stereocenters. The molecule has 3 heteroatoms. The molecule has 0 saturated carbocycles. The van der Waals surface area contributed by atoms with E-state index >= 15 is 0 Å². The average molecular weight is 132 g/mol. The highest BCUT2D eigenvalue weighted by atomic mass is 16.5. The van der Waals surface area contributed by atoms with E-state index in [1.165, 1.54) is 0 Å². The molecule has 0 aromatic carbocycles. The highest BCUT2D eigenvalue weighted by Gasteiger charge is 1.98. The first kappa shape index (κ1) is 8.88. The van der Waals surface area contributed by atoms with Crippen LogP contribution in [0.25, 0.3) is 0 Å². The molecule has 0 heterocycles. The zero-order chi connectivity index (χ0) is 7.11. The standard InChI is InChI=1S/C6H16N2O/c1-9-5-6(8)3-2-4-7/h6H,2-5,7-8H2,1H3/t6-/m0/s1. The molecule has 0 aliphatic rings. The van der Waals surface area contributed by atoms with E-state index in [9.17, 15) is 0 Å². The predicted octanol–water partition coefficient (Wildman–Crippen LogP) is -0.301. The molecule has 0 radical (unpaired) electrons. The minimum Gasteiger partial charge on any atom is -0.383 e. The first-order valence-electron chi connectivity index (χ1n) is 3.26. The van der Waals surface area contributed by atoms with Gasteiger partial charge in [0.05, 0.1) is 6.61 Å². The number of rotatable bonds is 5. The molecular formula is C6H16N2O. The Bertz CT molecular complexity index is 59.0. The maximum Gasteiger partial charge on any atom is 0.0613 e. The Balaban J connectivity index is 2.95. The Morgan fingerprint density at radius 3 is 2.67 bits per heavy atom. The van der Waals surface area contributed by atoms with Crippen molar-refractivity contribution >= 4 is 0 Å². The van der Waals surface area contributed by atoms with Crippen LogP contribution in [0.4, 0.5) is 0 Å². The van der Waals surface area contributed by atoms with Crippen LogP contribution in [0, 0.1) is 0 Å². The first-order chi connectivity index (χ1) is 4.31. The van der Waals surface area contributed by atoms with E-state index in [4.69, 9.17) is 16.2 Å². The van der Waals surface area contributed by atoms with Crippen LogP contribution in [0.2, 0.25) is 0 Å². The fraction of sp³-hybridized carbons (Fsp3) is 1.00. The van der Waals surface area contributed by atoms with Crippen molar-refractivity contribution in [2.45, 2.75) is 18.9 Å². The molecule has 0 aromatic heterocycles. The van der Waals surface area contributed by atoms with Crippen LogP contribution >= 0.6 is 0 Å². The largest absolute Gasteiger partial charge is 0.383 e. The van der Waals surface area contributed by atoms with Gasteiger partial charge in [-0.15, -0.1) is 0 Å². The Hall–Kier alpha value is -0.120. The molecule has 0 rings (SSSR count). The van der Waals surface area contributed by atoms with Crippen molar-refractivity contribution < 1.29 is 4.74 Å². The van der Waals surface area contributed by atoms with Crippen molar-refractivity contribution in [1.29, 1.82) is 0 Å². The summed E-state index contributed by atoms with van der Waals surface area (Å²) in [4.78, 5) is 0. The molecule has 4 N–H and O–H groups in total. The van der Waals surface area contributed by atoms with Crippen LogP contribution in [0.5, 0.6) is 0 Å². The van der Waals surface area contributed by atoms with Crippen molar-refractivity contribution in [3.05, 3.63) is 0 Å². The first-order valence-corrected chi connectivity index (χ1v) is 3.26. The molecule has 1 atom stereocenters. The quantitative estimate of drug-likeness (QED) is 0.540. The van der Waals surface area contributed by atoms with Gasteiger partial charge in [-0.05, 0) is 19.4 Å². The summed E-state index contributed by atoms with van der Waals surface area (Å²) < 4.78 is 4.83. The highest BCUT2D eigenvalue weighted by molar-refractivity contribution is 4.58. The van der Waals surface area contributed by atoms with Crippen LogP contribution in [0.15, 0.2) is 0 Å². The zero-order valence-corrected chi connectivity index (χ0v) is 5.97. The molecule has 0 aliphatic heterocycles. The van der Waals surface area contributed by atoms with Crippen molar-refractivity contribution in [2.75, 3.05) is 20.3 Å². The number of methoxy groups -OCH3 is 1. The molecule has 9 heavy (non-hydrogen) atoms. The van der Waals surface area contributed by atoms with Gasteiger partial charge in [0, 0.05) is 13.2 Å². The third kappa shape index (κ3) is 5.76. The molecule has 0 spiro atoms. The molecule has 0 bridgehead atoms. The van der Waals surface area contributed by atoms with Gasteiger partial charge in [0.25, 0.3) is 0 Å². The molecule has 3 nitrogen and oxygen atoms in total. The van der Waals surface area contributed by atoms with Crippen molar-refractivity contribution in [2.24, 2.45) is 11.5 Å². The lowest BCUT2D eigenvalue weighted by Crippen LogP contribution is -2.26. The monoisotopic (exact) mass is 132 g/mol. The second-order valence-corrected chi connectivity index (χ2v) is 2.15. The van der Waals surface area contributed by atoms with E-state index in [-0.39, 0.29) is 6.04 Å². The van der Waals surface area contributed by atoms with Gasteiger partial charge < -0.3 is 16.2 Å². The van der Waals surface area contributed by atoms with Gasteiger partial charge in [0.1, 0.15) is 0 Å². The molecule has 0 aliphatic carbocycles.